The van der Waals surface area contributed by atoms with Gasteiger partial charge in [0.05, 0.1) is 18.2 Å². The number of carbonyl (C=O) groups excluding carboxylic acids is 2. The molecule has 0 unspecified atom stereocenters. The van der Waals surface area contributed by atoms with Gasteiger partial charge in [-0.25, -0.2) is 0 Å². The maximum atomic E-state index is 12.6. The monoisotopic (exact) mass is 474 g/mol. The van der Waals surface area contributed by atoms with E-state index in [-0.39, 0.29) is 17.7 Å². The third kappa shape index (κ3) is 5.53. The molecule has 0 atom stereocenters. The lowest BCUT2D eigenvalue weighted by Crippen LogP contribution is -2.23. The summed E-state index contributed by atoms with van der Waals surface area (Å²) in [6.45, 7) is 2.73. The van der Waals surface area contributed by atoms with Crippen molar-refractivity contribution in [3.05, 3.63) is 52.0 Å². The molecule has 1 saturated carbocycles. The van der Waals surface area contributed by atoms with Gasteiger partial charge in [0.25, 0.3) is 5.91 Å². The van der Waals surface area contributed by atoms with Crippen LogP contribution in [-0.4, -0.2) is 25.5 Å². The van der Waals surface area contributed by atoms with Gasteiger partial charge in [-0.15, -0.1) is 0 Å². The summed E-state index contributed by atoms with van der Waals surface area (Å²) in [5.74, 6) is 1.04. The summed E-state index contributed by atoms with van der Waals surface area (Å²) in [6.07, 6.45) is 4.17. The van der Waals surface area contributed by atoms with Crippen molar-refractivity contribution in [1.82, 2.24) is 5.32 Å². The van der Waals surface area contributed by atoms with Crippen LogP contribution < -0.4 is 20.1 Å². The molecule has 0 aliphatic heterocycles. The molecular formula is C23H27BrN2O4. The molecule has 30 heavy (non-hydrogen) atoms. The number of hydrogen-bond acceptors (Lipinski definition) is 4. The summed E-state index contributed by atoms with van der Waals surface area (Å²) >= 11 is 3.44. The van der Waals surface area contributed by atoms with E-state index in [0.29, 0.717) is 34.7 Å². The Bertz CT molecular complexity index is 910. The quantitative estimate of drug-likeness (QED) is 0.569. The van der Waals surface area contributed by atoms with E-state index in [2.05, 4.69) is 26.6 Å². The molecule has 0 saturated heterocycles. The van der Waals surface area contributed by atoms with Gasteiger partial charge in [0.2, 0.25) is 5.91 Å². The highest BCUT2D eigenvalue weighted by Gasteiger charge is 2.22. The van der Waals surface area contributed by atoms with Gasteiger partial charge in [0.15, 0.2) is 11.5 Å². The third-order valence-corrected chi connectivity index (χ3v) is 5.74. The van der Waals surface area contributed by atoms with Gasteiger partial charge in [-0.05, 0) is 65.5 Å². The van der Waals surface area contributed by atoms with E-state index in [0.717, 1.165) is 36.9 Å². The smallest absolute Gasteiger partial charge is 0.251 e. The van der Waals surface area contributed by atoms with E-state index in [1.54, 1.807) is 12.1 Å². The maximum Gasteiger partial charge on any atom is 0.251 e. The Labute approximate surface area is 185 Å². The number of amides is 2. The first-order chi connectivity index (χ1) is 14.5. The largest absolute Gasteiger partial charge is 0.493 e. The minimum absolute atomic E-state index is 0.0834. The molecule has 0 bridgehead atoms. The van der Waals surface area contributed by atoms with Gasteiger partial charge in [-0.2, -0.15) is 0 Å². The maximum absolute atomic E-state index is 12.6. The van der Waals surface area contributed by atoms with Crippen molar-refractivity contribution in [2.45, 2.75) is 39.2 Å². The van der Waals surface area contributed by atoms with Crippen LogP contribution in [0.25, 0.3) is 0 Å². The SMILES string of the molecule is CCOc1c(Br)cc(C(=O)NCc2cccc(NC(=O)C3CCCC3)c2)cc1OC. The van der Waals surface area contributed by atoms with Crippen molar-refractivity contribution in [3.63, 3.8) is 0 Å². The summed E-state index contributed by atoms with van der Waals surface area (Å²) < 4.78 is 11.6. The first-order valence-electron chi connectivity index (χ1n) is 10.2. The zero-order chi connectivity index (χ0) is 21.5. The Morgan fingerprint density at radius 2 is 1.93 bits per heavy atom. The number of carbonyl (C=O) groups is 2. The molecule has 0 spiro atoms. The number of hydrogen-bond donors (Lipinski definition) is 2. The van der Waals surface area contributed by atoms with E-state index in [1.165, 1.54) is 7.11 Å². The third-order valence-electron chi connectivity index (χ3n) is 5.15. The molecule has 3 rings (SSSR count). The summed E-state index contributed by atoms with van der Waals surface area (Å²) in [4.78, 5) is 25.0. The average molecular weight is 475 g/mol. The molecule has 2 N–H and O–H groups in total. The molecule has 1 aliphatic rings. The van der Waals surface area contributed by atoms with Gasteiger partial charge in [-0.1, -0.05) is 25.0 Å². The van der Waals surface area contributed by atoms with Crippen molar-refractivity contribution in [3.8, 4) is 11.5 Å². The number of rotatable bonds is 8. The van der Waals surface area contributed by atoms with E-state index in [9.17, 15) is 9.59 Å². The second kappa shape index (κ2) is 10.5. The van der Waals surface area contributed by atoms with E-state index in [4.69, 9.17) is 9.47 Å². The molecule has 0 heterocycles. The fraction of sp³-hybridized carbons (Fsp3) is 0.391. The second-order valence-corrected chi connectivity index (χ2v) is 8.13. The summed E-state index contributed by atoms with van der Waals surface area (Å²) in [7, 11) is 1.54. The van der Waals surface area contributed by atoms with Crippen molar-refractivity contribution >= 4 is 33.4 Å². The van der Waals surface area contributed by atoms with Crippen LogP contribution in [0.1, 0.15) is 48.5 Å². The van der Waals surface area contributed by atoms with Gasteiger partial charge in [-0.3, -0.25) is 9.59 Å². The molecule has 2 aromatic carbocycles. The highest BCUT2D eigenvalue weighted by Crippen LogP contribution is 2.36. The van der Waals surface area contributed by atoms with Gasteiger partial charge in [0, 0.05) is 23.7 Å². The van der Waals surface area contributed by atoms with Crippen LogP contribution in [0.15, 0.2) is 40.9 Å². The average Bonchev–Trinajstić information content (AvgIpc) is 3.29. The van der Waals surface area contributed by atoms with E-state index < -0.39 is 0 Å². The zero-order valence-electron chi connectivity index (χ0n) is 17.3. The second-order valence-electron chi connectivity index (χ2n) is 7.28. The Morgan fingerprint density at radius 1 is 1.17 bits per heavy atom. The van der Waals surface area contributed by atoms with E-state index >= 15 is 0 Å². The molecule has 1 fully saturated rings. The fourth-order valence-corrected chi connectivity index (χ4v) is 4.17. The van der Waals surface area contributed by atoms with Crippen molar-refractivity contribution < 1.29 is 19.1 Å². The topological polar surface area (TPSA) is 76.7 Å². The van der Waals surface area contributed by atoms with Crippen molar-refractivity contribution in [1.29, 1.82) is 0 Å². The van der Waals surface area contributed by atoms with Crippen LogP contribution in [0.3, 0.4) is 0 Å². The Morgan fingerprint density at radius 3 is 2.63 bits per heavy atom. The van der Waals surface area contributed by atoms with Crippen LogP contribution >= 0.6 is 15.9 Å². The zero-order valence-corrected chi connectivity index (χ0v) is 18.9. The fourth-order valence-electron chi connectivity index (χ4n) is 3.61. The summed E-state index contributed by atoms with van der Waals surface area (Å²) in [6, 6.07) is 10.9. The van der Waals surface area contributed by atoms with E-state index in [1.807, 2.05) is 31.2 Å². The molecule has 2 amide bonds. The molecule has 6 nitrogen and oxygen atoms in total. The number of methoxy groups -OCH3 is 1. The van der Waals surface area contributed by atoms with Crippen LogP contribution in [-0.2, 0) is 11.3 Å². The van der Waals surface area contributed by atoms with Crippen molar-refractivity contribution in [2.24, 2.45) is 5.92 Å². The van der Waals surface area contributed by atoms with Gasteiger partial charge >= 0.3 is 0 Å². The van der Waals surface area contributed by atoms with Crippen LogP contribution in [0.4, 0.5) is 5.69 Å². The minimum atomic E-state index is -0.225. The van der Waals surface area contributed by atoms with Crippen LogP contribution in [0.5, 0.6) is 11.5 Å². The molecule has 0 aromatic heterocycles. The Kier molecular flexibility index (Phi) is 7.74. The number of nitrogens with one attached hydrogen (secondary N) is 2. The lowest BCUT2D eigenvalue weighted by Gasteiger charge is -2.14. The number of ether oxygens (including phenoxy) is 2. The Hall–Kier alpha value is -2.54. The van der Waals surface area contributed by atoms with Gasteiger partial charge < -0.3 is 20.1 Å². The van der Waals surface area contributed by atoms with Crippen LogP contribution in [0, 0.1) is 5.92 Å². The summed E-state index contributed by atoms with van der Waals surface area (Å²) in [5, 5.41) is 5.91. The number of anilines is 1. The first kappa shape index (κ1) is 22.2. The highest BCUT2D eigenvalue weighted by atomic mass is 79.9. The standard InChI is InChI=1S/C23H27BrN2O4/c1-3-30-21-19(24)12-17(13-20(21)29-2)22(27)25-14-15-7-6-10-18(11-15)26-23(28)16-8-4-5-9-16/h6-7,10-13,16H,3-5,8-9,14H2,1-2H3,(H,25,27)(H,26,28). The van der Waals surface area contributed by atoms with Crippen LogP contribution in [0.2, 0.25) is 0 Å². The lowest BCUT2D eigenvalue weighted by atomic mass is 10.1. The highest BCUT2D eigenvalue weighted by molar-refractivity contribution is 9.10. The molecule has 7 heteroatoms. The molecular weight excluding hydrogens is 448 g/mol. The molecule has 1 aliphatic carbocycles. The predicted molar refractivity (Wildman–Crippen MR) is 120 cm³/mol. The molecule has 0 radical (unpaired) electrons. The first-order valence-corrected chi connectivity index (χ1v) is 11.0. The normalized spacial score (nSPS) is 13.7. The predicted octanol–water partition coefficient (Wildman–Crippen LogP) is 4.92. The summed E-state index contributed by atoms with van der Waals surface area (Å²) in [5.41, 5.74) is 2.13. The lowest BCUT2D eigenvalue weighted by molar-refractivity contribution is -0.119. The number of halogens is 1. The molecule has 2 aromatic rings. The van der Waals surface area contributed by atoms with Crippen molar-refractivity contribution in [2.75, 3.05) is 19.0 Å². The Balaban J connectivity index is 1.63. The molecule has 160 valence electrons. The van der Waals surface area contributed by atoms with Gasteiger partial charge in [0.1, 0.15) is 0 Å². The number of benzene rings is 2. The minimum Gasteiger partial charge on any atom is -0.493 e.